The first-order valence-corrected chi connectivity index (χ1v) is 12.9. The van der Waals surface area contributed by atoms with Crippen LogP contribution in [0.25, 0.3) is 22.3 Å². The molecule has 0 aliphatic carbocycles. The molecule has 1 aromatic heterocycles. The number of aromatic hydroxyl groups is 4. The number of aliphatic hydroxyl groups is 6. The summed E-state index contributed by atoms with van der Waals surface area (Å²) in [4.78, 5) is 13.0. The van der Waals surface area contributed by atoms with Crippen LogP contribution in [0.4, 0.5) is 0 Å². The maximum Gasteiger partial charge on any atom is 0.197 e. The molecule has 0 radical (unpaired) electrons. The molecule has 15 nitrogen and oxygen atoms in total. The summed E-state index contributed by atoms with van der Waals surface area (Å²) < 4.78 is 22.1. The summed E-state index contributed by atoms with van der Waals surface area (Å²) in [5.41, 5.74) is -1.38. The summed E-state index contributed by atoms with van der Waals surface area (Å²) >= 11 is 0. The van der Waals surface area contributed by atoms with E-state index in [0.29, 0.717) is 0 Å². The Morgan fingerprint density at radius 3 is 2.14 bits per heavy atom. The summed E-state index contributed by atoms with van der Waals surface area (Å²) in [7, 11) is 0. The maximum atomic E-state index is 13.0. The van der Waals surface area contributed by atoms with Crippen molar-refractivity contribution in [3.63, 3.8) is 0 Å². The van der Waals surface area contributed by atoms with Crippen molar-refractivity contribution >= 4 is 11.0 Å². The van der Waals surface area contributed by atoms with E-state index in [0.717, 1.165) is 18.2 Å². The van der Waals surface area contributed by atoms with Crippen LogP contribution in [-0.4, -0.2) is 113 Å². The smallest absolute Gasteiger partial charge is 0.197 e. The minimum absolute atomic E-state index is 0.0712. The monoisotopic (exact) mass is 594 g/mol. The first-order chi connectivity index (χ1) is 19.8. The van der Waals surface area contributed by atoms with Gasteiger partial charge in [0.25, 0.3) is 0 Å². The summed E-state index contributed by atoms with van der Waals surface area (Å²) in [6.45, 7) is 0.844. The van der Waals surface area contributed by atoms with Crippen molar-refractivity contribution in [2.75, 3.05) is 6.61 Å². The maximum absolute atomic E-state index is 13.0. The van der Waals surface area contributed by atoms with Gasteiger partial charge in [0.15, 0.2) is 23.2 Å². The van der Waals surface area contributed by atoms with Crippen LogP contribution in [-0.2, 0) is 14.2 Å². The summed E-state index contributed by atoms with van der Waals surface area (Å²) in [5.74, 6) is -2.51. The van der Waals surface area contributed by atoms with Gasteiger partial charge < -0.3 is 69.7 Å². The van der Waals surface area contributed by atoms with Crippen molar-refractivity contribution in [2.24, 2.45) is 0 Å². The van der Waals surface area contributed by atoms with E-state index in [1.807, 2.05) is 0 Å². The van der Waals surface area contributed by atoms with Crippen LogP contribution in [0, 0.1) is 0 Å². The molecule has 4 unspecified atom stereocenters. The van der Waals surface area contributed by atoms with Crippen molar-refractivity contribution < 1.29 is 69.7 Å². The van der Waals surface area contributed by atoms with Gasteiger partial charge in [-0.3, -0.25) is 4.79 Å². The van der Waals surface area contributed by atoms with Crippen molar-refractivity contribution in [2.45, 2.75) is 68.1 Å². The molecular formula is C27H30O15. The van der Waals surface area contributed by atoms with E-state index >= 15 is 0 Å². The van der Waals surface area contributed by atoms with Crippen LogP contribution in [0.5, 0.6) is 23.0 Å². The fourth-order valence-corrected chi connectivity index (χ4v) is 5.07. The number of rotatable bonds is 5. The first kappa shape index (κ1) is 30.0. The fraction of sp³-hybridized carbons (Fsp3) is 0.444. The summed E-state index contributed by atoms with van der Waals surface area (Å²) in [6, 6.07) is 5.62. The van der Waals surface area contributed by atoms with E-state index in [1.165, 1.54) is 19.1 Å². The Balaban J connectivity index is 1.45. The number of aliphatic hydroxyl groups excluding tert-OH is 6. The number of phenolic OH excluding ortho intramolecular Hbond substituents is 4. The predicted octanol–water partition coefficient (Wildman–Crippen LogP) is -1.35. The van der Waals surface area contributed by atoms with Crippen molar-refractivity contribution in [1.29, 1.82) is 0 Å². The predicted molar refractivity (Wildman–Crippen MR) is 139 cm³/mol. The Morgan fingerprint density at radius 1 is 0.762 bits per heavy atom. The van der Waals surface area contributed by atoms with E-state index in [9.17, 15) is 55.9 Å². The van der Waals surface area contributed by atoms with Crippen molar-refractivity contribution in [1.82, 2.24) is 0 Å². The summed E-state index contributed by atoms with van der Waals surface area (Å²) in [5, 5.41) is 103. The topological polar surface area (TPSA) is 260 Å². The Labute approximate surface area is 236 Å². The number of hydrogen-bond acceptors (Lipinski definition) is 15. The molecule has 42 heavy (non-hydrogen) atoms. The Morgan fingerprint density at radius 2 is 1.45 bits per heavy atom. The van der Waals surface area contributed by atoms with Crippen molar-refractivity contribution in [3.8, 4) is 34.3 Å². The van der Waals surface area contributed by atoms with Gasteiger partial charge in [-0.15, -0.1) is 0 Å². The molecular weight excluding hydrogens is 564 g/mol. The largest absolute Gasteiger partial charge is 0.507 e. The highest BCUT2D eigenvalue weighted by atomic mass is 16.7. The lowest BCUT2D eigenvalue weighted by molar-refractivity contribution is -0.308. The highest BCUT2D eigenvalue weighted by molar-refractivity contribution is 5.88. The lowest BCUT2D eigenvalue weighted by Crippen LogP contribution is -2.59. The molecule has 2 fully saturated rings. The highest BCUT2D eigenvalue weighted by Crippen LogP contribution is 2.45. The molecule has 3 aromatic rings. The van der Waals surface area contributed by atoms with Crippen LogP contribution in [0.1, 0.15) is 18.6 Å². The van der Waals surface area contributed by atoms with Crippen LogP contribution in [0.3, 0.4) is 0 Å². The van der Waals surface area contributed by atoms with Crippen LogP contribution >= 0.6 is 0 Å². The molecule has 2 aliphatic rings. The summed E-state index contributed by atoms with van der Waals surface area (Å²) in [6.07, 6.45) is -15.8. The molecule has 3 heterocycles. The quantitative estimate of drug-likeness (QED) is 0.153. The van der Waals surface area contributed by atoms with Gasteiger partial charge in [-0.2, -0.15) is 0 Å². The SMILES string of the molecule is CC1O[C@@H](OCC2O[C@@H](c3c(O)cc4oc(-c5ccc(O)c(O)c5)cc(=O)c4c3O)C(O)[C@@H](O)[C@@H]2O)C(O)[C@@H](O)[C@H]1O. The number of hydrogen-bond donors (Lipinski definition) is 10. The lowest BCUT2D eigenvalue weighted by atomic mass is 9.89. The third kappa shape index (κ3) is 5.15. The normalized spacial score (nSPS) is 33.6. The van der Waals surface area contributed by atoms with E-state index < -0.39 is 107 Å². The number of fused-ring (bicyclic) bond motifs is 1. The van der Waals surface area contributed by atoms with Crippen LogP contribution < -0.4 is 5.43 Å². The Hall–Kier alpha value is -3.51. The standard InChI is InChI=1S/C27H30O15/c1-8-19(32)22(35)25(38)27(40-8)39-7-16-20(33)23(36)24(37)26(42-16)18-13(31)6-15-17(21(18)34)12(30)5-14(41-15)9-2-3-10(28)11(29)4-9/h2-6,8,16,19-20,22-29,31-38H,7H2,1H3/t8?,16?,19-,20+,22-,23-,24?,25?,26-,27+/m0/s1. The minimum Gasteiger partial charge on any atom is -0.507 e. The molecule has 5 rings (SSSR count). The number of benzene rings is 2. The second-order valence-corrected chi connectivity index (χ2v) is 10.3. The number of ether oxygens (including phenoxy) is 3. The average molecular weight is 595 g/mol. The van der Waals surface area contributed by atoms with Gasteiger partial charge in [0.1, 0.15) is 77.1 Å². The second-order valence-electron chi connectivity index (χ2n) is 10.3. The lowest BCUT2D eigenvalue weighted by Gasteiger charge is -2.43. The molecule has 2 aliphatic heterocycles. The van der Waals surface area contributed by atoms with Gasteiger partial charge in [-0.05, 0) is 25.1 Å². The van der Waals surface area contributed by atoms with E-state index in [-0.39, 0.29) is 16.9 Å². The third-order valence-electron chi connectivity index (χ3n) is 7.50. The zero-order valence-corrected chi connectivity index (χ0v) is 21.9. The molecule has 2 saturated heterocycles. The van der Waals surface area contributed by atoms with Gasteiger partial charge in [-0.25, -0.2) is 0 Å². The number of phenols is 4. The molecule has 0 spiro atoms. The van der Waals surface area contributed by atoms with Gasteiger partial charge in [0.05, 0.1) is 18.3 Å². The highest BCUT2D eigenvalue weighted by Gasteiger charge is 2.48. The molecule has 10 atom stereocenters. The van der Waals surface area contributed by atoms with Gasteiger partial charge in [0.2, 0.25) is 0 Å². The van der Waals surface area contributed by atoms with Gasteiger partial charge in [-0.1, -0.05) is 0 Å². The Bertz CT molecular complexity index is 1520. The van der Waals surface area contributed by atoms with Gasteiger partial charge >= 0.3 is 0 Å². The molecule has 10 N–H and O–H groups in total. The average Bonchev–Trinajstić information content (AvgIpc) is 2.94. The third-order valence-corrected chi connectivity index (χ3v) is 7.50. The zero-order valence-electron chi connectivity index (χ0n) is 21.9. The molecule has 0 saturated carbocycles. The molecule has 2 aromatic carbocycles. The van der Waals surface area contributed by atoms with Crippen LogP contribution in [0.2, 0.25) is 0 Å². The van der Waals surface area contributed by atoms with Crippen molar-refractivity contribution in [3.05, 3.63) is 46.1 Å². The van der Waals surface area contributed by atoms with E-state index in [4.69, 9.17) is 18.6 Å². The van der Waals surface area contributed by atoms with Gasteiger partial charge in [0, 0.05) is 17.7 Å². The minimum atomic E-state index is -1.91. The molecule has 0 amide bonds. The molecule has 228 valence electrons. The first-order valence-electron chi connectivity index (χ1n) is 12.9. The second kappa shape index (κ2) is 11.3. The van der Waals surface area contributed by atoms with E-state index in [1.54, 1.807) is 0 Å². The van der Waals surface area contributed by atoms with E-state index in [2.05, 4.69) is 0 Å². The Kier molecular flexibility index (Phi) is 8.06. The fourth-order valence-electron chi connectivity index (χ4n) is 5.07. The molecule has 15 heteroatoms. The molecule has 0 bridgehead atoms. The zero-order chi connectivity index (χ0) is 30.6. The van der Waals surface area contributed by atoms with Crippen LogP contribution in [0.15, 0.2) is 39.5 Å².